The fourth-order valence-electron chi connectivity index (χ4n) is 6.24. The average molecular weight is 538 g/mol. The molecule has 2 amide bonds. The molecule has 2 saturated heterocycles. The summed E-state index contributed by atoms with van der Waals surface area (Å²) in [7, 11) is 0. The van der Waals surface area contributed by atoms with Crippen LogP contribution in [0.15, 0.2) is 48.6 Å². The zero-order valence-corrected chi connectivity index (χ0v) is 21.8. The molecule has 10 nitrogen and oxygen atoms in total. The first-order chi connectivity index (χ1) is 18.5. The number of aliphatic hydroxyl groups excluding tert-OH is 1. The molecule has 0 bridgehead atoms. The first-order valence-electron chi connectivity index (χ1n) is 13.2. The van der Waals surface area contributed by atoms with Crippen LogP contribution in [0.4, 0.5) is 0 Å². The van der Waals surface area contributed by atoms with Gasteiger partial charge in [0, 0.05) is 24.9 Å². The number of rotatable bonds is 6. The van der Waals surface area contributed by atoms with E-state index in [4.69, 9.17) is 4.74 Å². The molecule has 0 radical (unpaired) electrons. The molecule has 2 aromatic rings. The van der Waals surface area contributed by atoms with E-state index in [1.807, 2.05) is 42.5 Å². The number of cyclic esters (lactones) is 1. The van der Waals surface area contributed by atoms with Gasteiger partial charge in [-0.25, -0.2) is 4.68 Å². The number of nitrogens with zero attached hydrogens (tertiary/aromatic N) is 5. The van der Waals surface area contributed by atoms with E-state index in [0.717, 1.165) is 23.9 Å². The lowest BCUT2D eigenvalue weighted by Crippen LogP contribution is -2.53. The maximum absolute atomic E-state index is 14.3. The van der Waals surface area contributed by atoms with Gasteiger partial charge >= 0.3 is 5.97 Å². The van der Waals surface area contributed by atoms with Gasteiger partial charge in [-0.15, -0.1) is 16.9 Å². The van der Waals surface area contributed by atoms with Gasteiger partial charge < -0.3 is 19.6 Å². The van der Waals surface area contributed by atoms with Gasteiger partial charge in [0.25, 0.3) is 0 Å². The van der Waals surface area contributed by atoms with E-state index in [0.29, 0.717) is 32.5 Å². The SMILES string of the molecule is O=C1OCCC/C=C\[C@H]2S[C@]34C=CCN(Cn5nnc6ccccc65)C(=O)C3N(CCCCO)C(=O)[C@@H]4[C@@H]12. The van der Waals surface area contributed by atoms with Crippen LogP contribution >= 0.6 is 11.8 Å². The minimum atomic E-state index is -0.884. The minimum Gasteiger partial charge on any atom is -0.465 e. The maximum Gasteiger partial charge on any atom is 0.311 e. The van der Waals surface area contributed by atoms with Gasteiger partial charge in [-0.1, -0.05) is 41.7 Å². The Hall–Kier alpha value is -3.18. The number of hydrogen-bond donors (Lipinski definition) is 1. The molecule has 0 aliphatic carbocycles. The largest absolute Gasteiger partial charge is 0.465 e. The van der Waals surface area contributed by atoms with Crippen LogP contribution in [0.25, 0.3) is 11.0 Å². The summed E-state index contributed by atoms with van der Waals surface area (Å²) in [6, 6.07) is 6.81. The molecule has 0 saturated carbocycles. The molecular weight excluding hydrogens is 506 g/mol. The number of amides is 2. The number of carbonyl (C=O) groups is 3. The Morgan fingerprint density at radius 1 is 1.13 bits per heavy atom. The summed E-state index contributed by atoms with van der Waals surface area (Å²) in [6.45, 7) is 1.22. The number of ether oxygens (including phenoxy) is 1. The molecule has 1 N–H and O–H groups in total. The lowest BCUT2D eigenvalue weighted by Gasteiger charge is -2.35. The molecule has 1 unspecified atom stereocenters. The van der Waals surface area contributed by atoms with Crippen LogP contribution < -0.4 is 0 Å². The highest BCUT2D eigenvalue weighted by atomic mass is 32.2. The van der Waals surface area contributed by atoms with Crippen molar-refractivity contribution in [2.45, 2.75) is 48.4 Å². The number of aromatic nitrogens is 3. The van der Waals surface area contributed by atoms with Crippen molar-refractivity contribution in [1.29, 1.82) is 0 Å². The van der Waals surface area contributed by atoms with Gasteiger partial charge in [-0.05, 0) is 37.8 Å². The third kappa shape index (κ3) is 4.03. The Bertz CT molecular complexity index is 1310. The molecule has 4 aliphatic rings. The Morgan fingerprint density at radius 3 is 2.87 bits per heavy atom. The second kappa shape index (κ2) is 10.2. The third-order valence-corrected chi connectivity index (χ3v) is 9.71. The molecule has 4 aliphatic heterocycles. The molecule has 6 rings (SSSR count). The molecule has 1 aromatic heterocycles. The van der Waals surface area contributed by atoms with E-state index < -0.39 is 22.6 Å². The molecule has 1 spiro atoms. The number of hydrogen-bond acceptors (Lipinski definition) is 8. The number of aliphatic hydroxyl groups is 1. The van der Waals surface area contributed by atoms with Crippen LogP contribution in [0.1, 0.15) is 25.7 Å². The van der Waals surface area contributed by atoms with E-state index >= 15 is 0 Å². The first-order valence-corrected chi connectivity index (χ1v) is 14.1. The van der Waals surface area contributed by atoms with Crippen molar-refractivity contribution in [3.05, 3.63) is 48.6 Å². The highest BCUT2D eigenvalue weighted by molar-refractivity contribution is 8.02. The second-order valence-electron chi connectivity index (χ2n) is 10.2. The lowest BCUT2D eigenvalue weighted by molar-refractivity contribution is -0.153. The van der Waals surface area contributed by atoms with Crippen molar-refractivity contribution in [1.82, 2.24) is 24.8 Å². The van der Waals surface area contributed by atoms with Crippen LogP contribution in [-0.2, 0) is 25.8 Å². The van der Waals surface area contributed by atoms with Crippen molar-refractivity contribution in [2.24, 2.45) is 11.8 Å². The van der Waals surface area contributed by atoms with Gasteiger partial charge in [-0.2, -0.15) is 0 Å². The molecule has 2 fully saturated rings. The standard InChI is InChI=1S/C27H31N5O5S/c33-15-6-5-14-31-23-25(35)30(17-32-19-10-4-3-9-18(19)28-29-32)13-8-12-27(23)22(24(31)34)21-20(38-27)11-2-1-7-16-37-26(21)36/h2-4,8-12,20-23,33H,1,5-7,13-17H2/b11-2-/t20-,21+,22+,23?,27+/m1/s1. The zero-order chi connectivity index (χ0) is 26.3. The summed E-state index contributed by atoms with van der Waals surface area (Å²) in [6.07, 6.45) is 10.7. The summed E-state index contributed by atoms with van der Waals surface area (Å²) >= 11 is 1.54. The van der Waals surface area contributed by atoms with Crippen molar-refractivity contribution in [3.63, 3.8) is 0 Å². The van der Waals surface area contributed by atoms with E-state index in [1.165, 1.54) is 11.8 Å². The number of para-hydroxylation sites is 1. The van der Waals surface area contributed by atoms with Gasteiger partial charge in [0.1, 0.15) is 18.2 Å². The summed E-state index contributed by atoms with van der Waals surface area (Å²) in [4.78, 5) is 45.0. The highest BCUT2D eigenvalue weighted by Gasteiger charge is 2.70. The Labute approximate surface area is 224 Å². The predicted octanol–water partition coefficient (Wildman–Crippen LogP) is 1.75. The smallest absolute Gasteiger partial charge is 0.311 e. The maximum atomic E-state index is 14.3. The van der Waals surface area contributed by atoms with Crippen molar-refractivity contribution in [3.8, 4) is 0 Å². The van der Waals surface area contributed by atoms with Crippen molar-refractivity contribution < 1.29 is 24.2 Å². The fraction of sp³-hybridized carbons (Fsp3) is 0.519. The normalized spacial score (nSPS) is 31.8. The molecule has 5 atom stereocenters. The van der Waals surface area contributed by atoms with Gasteiger partial charge in [-0.3, -0.25) is 14.4 Å². The van der Waals surface area contributed by atoms with E-state index in [9.17, 15) is 19.5 Å². The Balaban J connectivity index is 1.38. The molecule has 11 heteroatoms. The molecule has 5 heterocycles. The number of benzene rings is 1. The average Bonchev–Trinajstić information content (AvgIpc) is 3.52. The van der Waals surface area contributed by atoms with Gasteiger partial charge in [0.2, 0.25) is 11.8 Å². The number of unbranched alkanes of at least 4 members (excludes halogenated alkanes) is 1. The minimum absolute atomic E-state index is 0.0111. The molecular formula is C27H31N5O5S. The van der Waals surface area contributed by atoms with Crippen molar-refractivity contribution >= 4 is 40.6 Å². The number of allylic oxidation sites excluding steroid dienone is 1. The summed E-state index contributed by atoms with van der Waals surface area (Å²) in [5.74, 6) is -2.08. The van der Waals surface area contributed by atoms with Crippen LogP contribution in [0, 0.1) is 11.8 Å². The van der Waals surface area contributed by atoms with Crippen LogP contribution in [0.3, 0.4) is 0 Å². The van der Waals surface area contributed by atoms with Crippen molar-refractivity contribution in [2.75, 3.05) is 26.3 Å². The van der Waals surface area contributed by atoms with E-state index in [2.05, 4.69) is 16.4 Å². The van der Waals surface area contributed by atoms with E-state index in [-0.39, 0.29) is 36.3 Å². The number of carbonyl (C=O) groups excluding carboxylic acids is 3. The number of thioether (sulfide) groups is 1. The van der Waals surface area contributed by atoms with E-state index in [1.54, 1.807) is 14.5 Å². The van der Waals surface area contributed by atoms with Crippen LogP contribution in [-0.4, -0.2) is 90.0 Å². The number of esters is 1. The fourth-order valence-corrected chi connectivity index (χ4v) is 8.25. The summed E-state index contributed by atoms with van der Waals surface area (Å²) in [5.41, 5.74) is 1.56. The first kappa shape index (κ1) is 25.1. The zero-order valence-electron chi connectivity index (χ0n) is 21.0. The van der Waals surface area contributed by atoms with Crippen LogP contribution in [0.2, 0.25) is 0 Å². The monoisotopic (exact) mass is 537 g/mol. The number of likely N-dealkylation sites (tertiary alicyclic amines) is 1. The molecule has 200 valence electrons. The quantitative estimate of drug-likeness (QED) is 0.337. The second-order valence-corrected chi connectivity index (χ2v) is 11.7. The Morgan fingerprint density at radius 2 is 2.00 bits per heavy atom. The van der Waals surface area contributed by atoms with Gasteiger partial charge in [0.05, 0.1) is 28.7 Å². The molecule has 1 aromatic carbocycles. The third-order valence-electron chi connectivity index (χ3n) is 7.97. The lowest BCUT2D eigenvalue weighted by atomic mass is 9.78. The Kier molecular flexibility index (Phi) is 6.73. The number of fused-ring (bicyclic) bond motifs is 3. The van der Waals surface area contributed by atoms with Crippen LogP contribution in [0.5, 0.6) is 0 Å². The predicted molar refractivity (Wildman–Crippen MR) is 141 cm³/mol. The summed E-state index contributed by atoms with van der Waals surface area (Å²) in [5, 5.41) is 17.6. The topological polar surface area (TPSA) is 118 Å². The molecule has 38 heavy (non-hydrogen) atoms. The highest BCUT2D eigenvalue weighted by Crippen LogP contribution is 2.60. The summed E-state index contributed by atoms with van der Waals surface area (Å²) < 4.78 is 6.41. The van der Waals surface area contributed by atoms with Gasteiger partial charge in [0.15, 0.2) is 0 Å².